The highest BCUT2D eigenvalue weighted by Crippen LogP contribution is 2.38. The van der Waals surface area contributed by atoms with Gasteiger partial charge in [-0.15, -0.1) is 0 Å². The van der Waals surface area contributed by atoms with Crippen LogP contribution in [0.2, 0.25) is 0 Å². The van der Waals surface area contributed by atoms with Gasteiger partial charge in [-0.25, -0.2) is 9.67 Å². The fourth-order valence-corrected chi connectivity index (χ4v) is 3.43. The molecule has 0 atom stereocenters. The highest BCUT2D eigenvalue weighted by Gasteiger charge is 2.36. The van der Waals surface area contributed by atoms with Gasteiger partial charge in [0.05, 0.1) is 34.6 Å². The zero-order valence-corrected chi connectivity index (χ0v) is 15.6. The van der Waals surface area contributed by atoms with Crippen molar-refractivity contribution in [1.82, 2.24) is 24.5 Å². The topological polar surface area (TPSA) is 48.5 Å². The number of pyridine rings is 1. The summed E-state index contributed by atoms with van der Waals surface area (Å²) >= 11 is 0. The molecule has 1 aromatic carbocycles. The lowest BCUT2D eigenvalue weighted by Gasteiger charge is -2.11. The molecule has 144 valence electrons. The van der Waals surface area contributed by atoms with Crippen molar-refractivity contribution in [2.75, 3.05) is 0 Å². The third-order valence-corrected chi connectivity index (χ3v) is 4.65. The molecular weight excluding hydrogens is 367 g/mol. The molecule has 0 spiro atoms. The maximum Gasteiger partial charge on any atom is 0.417 e. The van der Waals surface area contributed by atoms with Gasteiger partial charge in [0.2, 0.25) is 0 Å². The lowest BCUT2D eigenvalue weighted by Crippen LogP contribution is -2.08. The first-order valence-electron chi connectivity index (χ1n) is 8.74. The summed E-state index contributed by atoms with van der Waals surface area (Å²) < 4.78 is 44.6. The summed E-state index contributed by atoms with van der Waals surface area (Å²) in [5.74, 6) is 0. The molecule has 0 aliphatic carbocycles. The molecule has 5 nitrogen and oxygen atoms in total. The van der Waals surface area contributed by atoms with Gasteiger partial charge in [-0.1, -0.05) is 30.3 Å². The smallest absolute Gasteiger partial charge is 0.275 e. The van der Waals surface area contributed by atoms with Crippen LogP contribution in [0.15, 0.2) is 42.6 Å². The molecule has 28 heavy (non-hydrogen) atoms. The Kier molecular flexibility index (Phi) is 4.21. The summed E-state index contributed by atoms with van der Waals surface area (Å²) in [6.45, 7) is 3.67. The van der Waals surface area contributed by atoms with E-state index in [9.17, 15) is 13.2 Å². The Morgan fingerprint density at radius 3 is 2.32 bits per heavy atom. The number of aryl methyl sites for hydroxylation is 3. The molecular formula is C20H18F3N5. The van der Waals surface area contributed by atoms with E-state index in [1.54, 1.807) is 31.8 Å². The summed E-state index contributed by atoms with van der Waals surface area (Å²) in [4.78, 5) is 4.56. The van der Waals surface area contributed by atoms with Crippen LogP contribution in [0.1, 0.15) is 22.5 Å². The zero-order valence-electron chi connectivity index (χ0n) is 15.6. The van der Waals surface area contributed by atoms with Gasteiger partial charge in [0, 0.05) is 18.8 Å². The summed E-state index contributed by atoms with van der Waals surface area (Å²) in [6.07, 6.45) is -2.84. The van der Waals surface area contributed by atoms with Crippen molar-refractivity contribution in [2.45, 2.75) is 26.6 Å². The van der Waals surface area contributed by atoms with Gasteiger partial charge in [-0.2, -0.15) is 23.4 Å². The van der Waals surface area contributed by atoms with Crippen LogP contribution >= 0.6 is 0 Å². The maximum absolute atomic E-state index is 13.8. The van der Waals surface area contributed by atoms with Gasteiger partial charge in [0.25, 0.3) is 0 Å². The monoisotopic (exact) mass is 385 g/mol. The van der Waals surface area contributed by atoms with Crippen molar-refractivity contribution in [3.63, 3.8) is 0 Å². The van der Waals surface area contributed by atoms with E-state index < -0.39 is 11.7 Å². The predicted octanol–water partition coefficient (Wildman–Crippen LogP) is 4.52. The van der Waals surface area contributed by atoms with Crippen LogP contribution < -0.4 is 0 Å². The minimum atomic E-state index is -4.52. The molecule has 0 amide bonds. The molecule has 3 heterocycles. The molecule has 0 radical (unpaired) electrons. The zero-order chi connectivity index (χ0) is 20.1. The van der Waals surface area contributed by atoms with Gasteiger partial charge < -0.3 is 0 Å². The molecule has 4 rings (SSSR count). The van der Waals surface area contributed by atoms with E-state index in [1.807, 2.05) is 30.3 Å². The average molecular weight is 385 g/mol. The van der Waals surface area contributed by atoms with E-state index in [0.29, 0.717) is 23.5 Å². The Bertz CT molecular complexity index is 1160. The third kappa shape index (κ3) is 3.15. The number of fused-ring (bicyclic) bond motifs is 1. The molecule has 0 saturated heterocycles. The Balaban J connectivity index is 1.98. The van der Waals surface area contributed by atoms with Crippen LogP contribution in [0.3, 0.4) is 0 Å². The fourth-order valence-electron chi connectivity index (χ4n) is 3.43. The number of aromatic nitrogens is 5. The number of hydrogen-bond donors (Lipinski definition) is 0. The Labute approximate surface area is 159 Å². The minimum absolute atomic E-state index is 0.0359. The second-order valence-corrected chi connectivity index (χ2v) is 6.78. The van der Waals surface area contributed by atoms with Crippen LogP contribution in [0.25, 0.3) is 22.3 Å². The molecule has 0 bridgehead atoms. The number of halogens is 3. The second kappa shape index (κ2) is 6.47. The quantitative estimate of drug-likeness (QED) is 0.521. The van der Waals surface area contributed by atoms with Crippen molar-refractivity contribution < 1.29 is 13.2 Å². The lowest BCUT2D eigenvalue weighted by molar-refractivity contribution is -0.136. The highest BCUT2D eigenvalue weighted by molar-refractivity contribution is 5.86. The summed E-state index contributed by atoms with van der Waals surface area (Å²) in [7, 11) is 1.73. The van der Waals surface area contributed by atoms with Gasteiger partial charge in [0.1, 0.15) is 0 Å². The standard InChI is InChI=1S/C20H18F3N5/c1-12-15(11-27(3)25-12)17-9-16(20(21,22)23)18-13(2)26-28(19(18)24-17)10-14-7-5-4-6-8-14/h4-9,11H,10H2,1-3H3. The molecule has 8 heteroatoms. The van der Waals surface area contributed by atoms with Crippen molar-refractivity contribution in [2.24, 2.45) is 7.05 Å². The highest BCUT2D eigenvalue weighted by atomic mass is 19.4. The molecule has 0 N–H and O–H groups in total. The van der Waals surface area contributed by atoms with E-state index in [4.69, 9.17) is 0 Å². The van der Waals surface area contributed by atoms with E-state index in [0.717, 1.165) is 11.6 Å². The molecule has 0 aliphatic heterocycles. The molecule has 0 unspecified atom stereocenters. The molecule has 0 aliphatic rings. The minimum Gasteiger partial charge on any atom is -0.275 e. The van der Waals surface area contributed by atoms with E-state index >= 15 is 0 Å². The number of rotatable bonds is 3. The lowest BCUT2D eigenvalue weighted by atomic mass is 10.1. The fraction of sp³-hybridized carbons (Fsp3) is 0.250. The predicted molar refractivity (Wildman–Crippen MR) is 99.8 cm³/mol. The molecule has 3 aromatic heterocycles. The van der Waals surface area contributed by atoms with Crippen LogP contribution in [0.5, 0.6) is 0 Å². The van der Waals surface area contributed by atoms with Crippen molar-refractivity contribution >= 4 is 11.0 Å². The number of hydrogen-bond acceptors (Lipinski definition) is 3. The van der Waals surface area contributed by atoms with Crippen LogP contribution in [0.4, 0.5) is 13.2 Å². The van der Waals surface area contributed by atoms with E-state index in [2.05, 4.69) is 15.2 Å². The summed E-state index contributed by atoms with van der Waals surface area (Å²) in [5, 5.41) is 8.62. The second-order valence-electron chi connectivity index (χ2n) is 6.78. The van der Waals surface area contributed by atoms with Crippen LogP contribution in [-0.4, -0.2) is 24.5 Å². The van der Waals surface area contributed by atoms with Gasteiger partial charge in [-0.05, 0) is 25.5 Å². The number of alkyl halides is 3. The van der Waals surface area contributed by atoms with E-state index in [-0.39, 0.29) is 16.7 Å². The summed E-state index contributed by atoms with van der Waals surface area (Å²) in [6, 6.07) is 10.6. The Morgan fingerprint density at radius 2 is 1.71 bits per heavy atom. The van der Waals surface area contributed by atoms with Crippen molar-refractivity contribution in [3.05, 3.63) is 65.1 Å². The molecule has 0 saturated carbocycles. The first-order valence-corrected chi connectivity index (χ1v) is 8.74. The average Bonchev–Trinajstić information content (AvgIpc) is 3.13. The number of nitrogens with zero attached hydrogens (tertiary/aromatic N) is 5. The van der Waals surface area contributed by atoms with E-state index in [1.165, 1.54) is 4.68 Å². The van der Waals surface area contributed by atoms with Crippen LogP contribution in [-0.2, 0) is 19.8 Å². The first-order chi connectivity index (χ1) is 13.2. The van der Waals surface area contributed by atoms with Gasteiger partial charge in [-0.3, -0.25) is 4.68 Å². The van der Waals surface area contributed by atoms with Gasteiger partial charge >= 0.3 is 6.18 Å². The van der Waals surface area contributed by atoms with Crippen molar-refractivity contribution in [3.8, 4) is 11.3 Å². The van der Waals surface area contributed by atoms with Crippen molar-refractivity contribution in [1.29, 1.82) is 0 Å². The Morgan fingerprint density at radius 1 is 1.00 bits per heavy atom. The maximum atomic E-state index is 13.8. The molecule has 4 aromatic rings. The molecule has 0 fully saturated rings. The largest absolute Gasteiger partial charge is 0.417 e. The first kappa shape index (κ1) is 18.2. The van der Waals surface area contributed by atoms with Crippen LogP contribution in [0, 0.1) is 13.8 Å². The normalized spacial score (nSPS) is 12.1. The summed E-state index contributed by atoms with van der Waals surface area (Å²) in [5.41, 5.74) is 2.15. The Hall–Kier alpha value is -3.16. The SMILES string of the molecule is Cc1nn(C)cc1-c1cc(C(F)(F)F)c2c(C)nn(Cc3ccccc3)c2n1. The number of benzene rings is 1. The third-order valence-electron chi connectivity index (χ3n) is 4.65. The van der Waals surface area contributed by atoms with Gasteiger partial charge in [0.15, 0.2) is 5.65 Å².